The van der Waals surface area contributed by atoms with E-state index in [0.29, 0.717) is 45.9 Å². The summed E-state index contributed by atoms with van der Waals surface area (Å²) in [6.45, 7) is 9.35. The van der Waals surface area contributed by atoms with Crippen LogP contribution in [0.15, 0.2) is 42.6 Å². The van der Waals surface area contributed by atoms with Gasteiger partial charge in [-0.3, -0.25) is 14.2 Å². The van der Waals surface area contributed by atoms with Gasteiger partial charge >= 0.3 is 5.97 Å². The first-order valence-corrected chi connectivity index (χ1v) is 12.2. The lowest BCUT2D eigenvalue weighted by Crippen LogP contribution is -2.26. The number of carbonyl (C=O) groups excluding carboxylic acids is 2. The van der Waals surface area contributed by atoms with E-state index in [0.717, 1.165) is 26.1 Å². The van der Waals surface area contributed by atoms with Crippen molar-refractivity contribution in [3.8, 4) is 0 Å². The number of carboxylic acids is 1. The summed E-state index contributed by atoms with van der Waals surface area (Å²) in [6.07, 6.45) is 3.42. The Morgan fingerprint density at radius 3 is 2.39 bits per heavy atom. The molecule has 3 N–H and O–H groups in total. The van der Waals surface area contributed by atoms with Crippen molar-refractivity contribution in [2.45, 2.75) is 46.0 Å². The highest BCUT2D eigenvalue weighted by atomic mass is 16.5. The number of aromatic nitrogens is 1. The third-order valence-electron chi connectivity index (χ3n) is 6.64. The van der Waals surface area contributed by atoms with E-state index in [1.807, 2.05) is 32.9 Å². The van der Waals surface area contributed by atoms with E-state index in [1.54, 1.807) is 24.3 Å². The number of aromatic carboxylic acids is 1. The number of ether oxygens (including phenoxy) is 1. The molecule has 2 aromatic carbocycles. The molecule has 0 unspecified atom stereocenters. The third kappa shape index (κ3) is 5.14. The maximum absolute atomic E-state index is 13.7. The van der Waals surface area contributed by atoms with Crippen molar-refractivity contribution < 1.29 is 24.2 Å². The zero-order chi connectivity index (χ0) is 26.0. The van der Waals surface area contributed by atoms with Gasteiger partial charge in [0.05, 0.1) is 28.0 Å². The molecule has 8 nitrogen and oxygen atoms in total. The van der Waals surface area contributed by atoms with Crippen molar-refractivity contribution in [3.63, 3.8) is 0 Å². The fourth-order valence-electron chi connectivity index (χ4n) is 4.84. The molecule has 0 aliphatic carbocycles. The lowest BCUT2D eigenvalue weighted by atomic mass is 9.81. The molecule has 0 radical (unpaired) electrons. The van der Waals surface area contributed by atoms with Gasteiger partial charge < -0.3 is 20.5 Å². The van der Waals surface area contributed by atoms with Crippen LogP contribution in [0.3, 0.4) is 0 Å². The average molecular weight is 492 g/mol. The van der Waals surface area contributed by atoms with Gasteiger partial charge in [0.2, 0.25) is 5.91 Å². The summed E-state index contributed by atoms with van der Waals surface area (Å²) in [5, 5.41) is 17.1. The molecule has 1 fully saturated rings. The quantitative estimate of drug-likeness (QED) is 0.427. The van der Waals surface area contributed by atoms with Crippen LogP contribution in [-0.4, -0.2) is 47.2 Å². The van der Waals surface area contributed by atoms with Crippen LogP contribution in [0.1, 0.15) is 71.6 Å². The number of nitrogens with one attached hydrogen (secondary N) is 2. The summed E-state index contributed by atoms with van der Waals surface area (Å²) in [7, 11) is 0. The summed E-state index contributed by atoms with van der Waals surface area (Å²) >= 11 is 0. The summed E-state index contributed by atoms with van der Waals surface area (Å²) in [6, 6.07) is 10.5. The normalized spacial score (nSPS) is 14.6. The number of carboxylic acid groups (broad SMARTS) is 1. The smallest absolute Gasteiger partial charge is 0.336 e. The van der Waals surface area contributed by atoms with E-state index in [4.69, 9.17) is 4.74 Å². The van der Waals surface area contributed by atoms with E-state index >= 15 is 0 Å². The first-order valence-electron chi connectivity index (χ1n) is 12.2. The second-order valence-corrected chi connectivity index (χ2v) is 10.3. The van der Waals surface area contributed by atoms with Gasteiger partial charge in [-0.1, -0.05) is 39.0 Å². The number of fused-ring (bicyclic) bond motifs is 1. The van der Waals surface area contributed by atoms with E-state index in [2.05, 4.69) is 10.6 Å². The number of amides is 1. The molecule has 1 saturated heterocycles. The minimum atomic E-state index is -1.06. The van der Waals surface area contributed by atoms with Crippen LogP contribution < -0.4 is 10.6 Å². The van der Waals surface area contributed by atoms with Gasteiger partial charge in [-0.15, -0.1) is 0 Å². The van der Waals surface area contributed by atoms with Gasteiger partial charge in [0.1, 0.15) is 0 Å². The Kier molecular flexibility index (Phi) is 7.17. The maximum Gasteiger partial charge on any atom is 0.336 e. The molecule has 0 atom stereocenters. The Morgan fingerprint density at radius 2 is 1.75 bits per heavy atom. The highest BCUT2D eigenvalue weighted by Gasteiger charge is 2.29. The molecule has 0 saturated carbocycles. The zero-order valence-electron chi connectivity index (χ0n) is 21.2. The molecule has 8 heteroatoms. The number of hydrogen-bond donors (Lipinski definition) is 3. The fraction of sp³-hybridized carbons (Fsp3) is 0.393. The average Bonchev–Trinajstić information content (AvgIpc) is 3.23. The summed E-state index contributed by atoms with van der Waals surface area (Å²) in [5.41, 5.74) is 2.20. The molecule has 1 aliphatic rings. The second kappa shape index (κ2) is 10.1. The number of rotatable bonds is 6. The highest BCUT2D eigenvalue weighted by molar-refractivity contribution is 6.16. The Bertz CT molecular complexity index is 1310. The van der Waals surface area contributed by atoms with Crippen molar-refractivity contribution in [1.82, 2.24) is 4.57 Å². The summed E-state index contributed by atoms with van der Waals surface area (Å²) in [4.78, 5) is 38.0. The molecule has 36 heavy (non-hydrogen) atoms. The zero-order valence-corrected chi connectivity index (χ0v) is 21.2. The molecule has 2 heterocycles. The molecule has 0 spiro atoms. The molecule has 190 valence electrons. The van der Waals surface area contributed by atoms with Gasteiger partial charge in [-0.25, -0.2) is 4.79 Å². The molecule has 0 bridgehead atoms. The van der Waals surface area contributed by atoms with Gasteiger partial charge in [0.25, 0.3) is 5.91 Å². The lowest BCUT2D eigenvalue weighted by molar-refractivity contribution is 0.0691. The molecule has 4 rings (SSSR count). The lowest BCUT2D eigenvalue weighted by Gasteiger charge is -2.29. The minimum absolute atomic E-state index is 0.139. The highest BCUT2D eigenvalue weighted by Crippen LogP contribution is 2.39. The van der Waals surface area contributed by atoms with Crippen LogP contribution in [0.4, 0.5) is 11.4 Å². The molecular weight excluding hydrogens is 458 g/mol. The van der Waals surface area contributed by atoms with Gasteiger partial charge in [-0.2, -0.15) is 0 Å². The van der Waals surface area contributed by atoms with E-state index in [9.17, 15) is 19.5 Å². The van der Waals surface area contributed by atoms with Crippen LogP contribution in [0.25, 0.3) is 10.9 Å². The number of benzene rings is 2. The predicted octanol–water partition coefficient (Wildman–Crippen LogP) is 5.39. The van der Waals surface area contributed by atoms with E-state index in [1.165, 1.54) is 17.7 Å². The number of para-hydroxylation sites is 1. The van der Waals surface area contributed by atoms with E-state index < -0.39 is 17.3 Å². The first-order chi connectivity index (χ1) is 17.1. The third-order valence-corrected chi connectivity index (χ3v) is 6.64. The number of nitrogens with zero attached hydrogens (tertiary/aromatic N) is 1. The second-order valence-electron chi connectivity index (χ2n) is 10.3. The van der Waals surface area contributed by atoms with Crippen molar-refractivity contribution in [3.05, 3.63) is 59.3 Å². The number of hydrogen-bond acceptors (Lipinski definition) is 5. The Labute approximate surface area is 210 Å². The first kappa shape index (κ1) is 25.4. The predicted molar refractivity (Wildman–Crippen MR) is 140 cm³/mol. The number of anilines is 2. The van der Waals surface area contributed by atoms with Crippen LogP contribution in [0.5, 0.6) is 0 Å². The Hall–Kier alpha value is -3.65. The van der Waals surface area contributed by atoms with Gasteiger partial charge in [-0.05, 0) is 47.9 Å². The van der Waals surface area contributed by atoms with Crippen molar-refractivity contribution in [2.75, 3.05) is 30.4 Å². The van der Waals surface area contributed by atoms with Crippen molar-refractivity contribution >= 4 is 40.1 Å². The molecule has 1 aromatic heterocycles. The molecule has 1 aliphatic heterocycles. The minimum Gasteiger partial charge on any atom is -0.478 e. The molecule has 1 amide bonds. The van der Waals surface area contributed by atoms with Gasteiger partial charge in [0, 0.05) is 38.3 Å². The Morgan fingerprint density at radius 1 is 1.06 bits per heavy atom. The summed E-state index contributed by atoms with van der Waals surface area (Å²) in [5.74, 6) is -1.24. The standard InChI is InChI=1S/C28H33N3O5/c1-17(32)31-16-21(19-7-5-6-8-23(19)31)26(33)30-25-22(29-15-18-11-13-36-14-12-18)10-9-20(27(34)35)24(25)28(2,3)4/h5-10,16,18,29H,11-15H2,1-4H3,(H,30,33)(H,34,35). The summed E-state index contributed by atoms with van der Waals surface area (Å²) < 4.78 is 6.91. The van der Waals surface area contributed by atoms with Crippen molar-refractivity contribution in [2.24, 2.45) is 5.92 Å². The monoisotopic (exact) mass is 491 g/mol. The fourth-order valence-corrected chi connectivity index (χ4v) is 4.84. The SMILES string of the molecule is CC(=O)n1cc(C(=O)Nc2c(NCC3CCOCC3)ccc(C(=O)O)c2C(C)(C)C)c2ccccc21. The van der Waals surface area contributed by atoms with Crippen LogP contribution in [0.2, 0.25) is 0 Å². The maximum atomic E-state index is 13.7. The van der Waals surface area contributed by atoms with Crippen molar-refractivity contribution in [1.29, 1.82) is 0 Å². The van der Waals surface area contributed by atoms with Gasteiger partial charge in [0.15, 0.2) is 0 Å². The molecular formula is C28H33N3O5. The Balaban J connectivity index is 1.78. The topological polar surface area (TPSA) is 110 Å². The van der Waals surface area contributed by atoms with E-state index in [-0.39, 0.29) is 11.5 Å². The largest absolute Gasteiger partial charge is 0.478 e. The number of carbonyl (C=O) groups is 3. The van der Waals surface area contributed by atoms with Crippen LogP contribution in [0, 0.1) is 5.92 Å². The van der Waals surface area contributed by atoms with Crippen LogP contribution in [-0.2, 0) is 10.2 Å². The molecule has 3 aromatic rings. The van der Waals surface area contributed by atoms with Crippen LogP contribution >= 0.6 is 0 Å².